The van der Waals surface area contributed by atoms with Crippen LogP contribution in [0.4, 0.5) is 0 Å². The van der Waals surface area contributed by atoms with E-state index in [9.17, 15) is 0 Å². The molecule has 84 valence electrons. The van der Waals surface area contributed by atoms with Crippen LogP contribution in [0.5, 0.6) is 5.75 Å². The Bertz CT molecular complexity index is 568. The molecule has 3 nitrogen and oxygen atoms in total. The first-order chi connectivity index (χ1) is 8.26. The Labute approximate surface area is 100 Å². The molecule has 2 rings (SSSR count). The van der Waals surface area contributed by atoms with E-state index >= 15 is 0 Å². The van der Waals surface area contributed by atoms with Crippen molar-refractivity contribution in [3.8, 4) is 22.9 Å². The molecule has 0 aliphatic carbocycles. The maximum atomic E-state index is 9.15. The molecule has 0 radical (unpaired) electrons. The number of hydrogen-bond acceptors (Lipinski definition) is 3. The van der Waals surface area contributed by atoms with Gasteiger partial charge in [0.1, 0.15) is 11.8 Å². The van der Waals surface area contributed by atoms with Gasteiger partial charge in [0.05, 0.1) is 18.4 Å². The van der Waals surface area contributed by atoms with Crippen LogP contribution in [0.25, 0.3) is 11.1 Å². The summed E-state index contributed by atoms with van der Waals surface area (Å²) in [7, 11) is 1.63. The Morgan fingerprint density at radius 3 is 2.47 bits per heavy atom. The quantitative estimate of drug-likeness (QED) is 0.787. The molecule has 0 unspecified atom stereocenters. The second-order valence-electron chi connectivity index (χ2n) is 3.66. The van der Waals surface area contributed by atoms with Crippen molar-refractivity contribution >= 4 is 0 Å². The lowest BCUT2D eigenvalue weighted by atomic mass is 10.0. The molecule has 0 amide bonds. The summed E-state index contributed by atoms with van der Waals surface area (Å²) in [4.78, 5) is 4.12. The van der Waals surface area contributed by atoms with E-state index in [2.05, 4.69) is 11.1 Å². The number of nitriles is 1. The Kier molecular flexibility index (Phi) is 3.06. The minimum absolute atomic E-state index is 0.623. The second-order valence-corrected chi connectivity index (χ2v) is 3.66. The molecule has 0 fully saturated rings. The predicted octanol–water partition coefficient (Wildman–Crippen LogP) is 2.94. The van der Waals surface area contributed by atoms with Crippen LogP contribution in [-0.2, 0) is 0 Å². The van der Waals surface area contributed by atoms with E-state index in [0.717, 1.165) is 22.6 Å². The lowest BCUT2D eigenvalue weighted by Gasteiger charge is -2.06. The molecule has 0 N–H and O–H groups in total. The van der Waals surface area contributed by atoms with Gasteiger partial charge in [-0.25, -0.2) is 0 Å². The first-order valence-electron chi connectivity index (χ1n) is 5.26. The summed E-state index contributed by atoms with van der Waals surface area (Å²) >= 11 is 0. The van der Waals surface area contributed by atoms with E-state index in [4.69, 9.17) is 10.00 Å². The van der Waals surface area contributed by atoms with Crippen LogP contribution in [0.2, 0.25) is 0 Å². The third-order valence-corrected chi connectivity index (χ3v) is 2.65. The second kappa shape index (κ2) is 4.67. The van der Waals surface area contributed by atoms with E-state index in [1.54, 1.807) is 13.3 Å². The lowest BCUT2D eigenvalue weighted by Crippen LogP contribution is -1.91. The van der Waals surface area contributed by atoms with E-state index in [1.807, 2.05) is 37.3 Å². The topological polar surface area (TPSA) is 45.9 Å². The smallest absolute Gasteiger partial charge is 0.118 e. The molecule has 0 spiro atoms. The monoisotopic (exact) mass is 224 g/mol. The zero-order valence-corrected chi connectivity index (χ0v) is 9.77. The lowest BCUT2D eigenvalue weighted by molar-refractivity contribution is 0.415. The number of benzene rings is 1. The van der Waals surface area contributed by atoms with Gasteiger partial charge in [-0.15, -0.1) is 0 Å². The highest BCUT2D eigenvalue weighted by molar-refractivity contribution is 5.71. The Hall–Kier alpha value is -2.34. The molecule has 0 atom stereocenters. The fourth-order valence-corrected chi connectivity index (χ4v) is 1.72. The molecule has 0 bridgehead atoms. The molecule has 0 aliphatic rings. The van der Waals surface area contributed by atoms with Crippen LogP contribution in [0.3, 0.4) is 0 Å². The maximum absolute atomic E-state index is 9.15. The summed E-state index contributed by atoms with van der Waals surface area (Å²) in [5, 5.41) is 9.15. The van der Waals surface area contributed by atoms with Crippen molar-refractivity contribution < 1.29 is 4.74 Å². The van der Waals surface area contributed by atoms with Crippen LogP contribution in [-0.4, -0.2) is 12.1 Å². The number of hydrogen-bond donors (Lipinski definition) is 0. The standard InChI is InChI=1S/C14H12N2O/c1-10-14(9-15)13(7-8-16-10)11-3-5-12(17-2)6-4-11/h3-8H,1-2H3. The highest BCUT2D eigenvalue weighted by Gasteiger charge is 2.07. The number of ether oxygens (including phenoxy) is 1. The fourth-order valence-electron chi connectivity index (χ4n) is 1.72. The molecule has 3 heteroatoms. The van der Waals surface area contributed by atoms with Crippen molar-refractivity contribution in [1.29, 1.82) is 5.26 Å². The van der Waals surface area contributed by atoms with Gasteiger partial charge in [-0.05, 0) is 30.7 Å². The van der Waals surface area contributed by atoms with Gasteiger partial charge in [0, 0.05) is 11.8 Å². The van der Waals surface area contributed by atoms with Crippen molar-refractivity contribution in [3.05, 3.63) is 47.8 Å². The molecule has 1 aromatic carbocycles. The molecule has 1 heterocycles. The van der Waals surface area contributed by atoms with Gasteiger partial charge in [-0.2, -0.15) is 5.26 Å². The average Bonchev–Trinajstić information content (AvgIpc) is 2.38. The number of aryl methyl sites for hydroxylation is 1. The third-order valence-electron chi connectivity index (χ3n) is 2.65. The predicted molar refractivity (Wildman–Crippen MR) is 65.7 cm³/mol. The molecule has 0 saturated heterocycles. The van der Waals surface area contributed by atoms with Crippen LogP contribution < -0.4 is 4.74 Å². The molecular weight excluding hydrogens is 212 g/mol. The molecule has 17 heavy (non-hydrogen) atoms. The summed E-state index contributed by atoms with van der Waals surface area (Å²) < 4.78 is 5.11. The average molecular weight is 224 g/mol. The van der Waals surface area contributed by atoms with Gasteiger partial charge in [0.2, 0.25) is 0 Å². The highest BCUT2D eigenvalue weighted by atomic mass is 16.5. The number of methoxy groups -OCH3 is 1. The minimum atomic E-state index is 0.623. The van der Waals surface area contributed by atoms with E-state index in [-0.39, 0.29) is 0 Å². The third kappa shape index (κ3) is 2.11. The minimum Gasteiger partial charge on any atom is -0.497 e. The van der Waals surface area contributed by atoms with Gasteiger partial charge in [-0.1, -0.05) is 12.1 Å². The van der Waals surface area contributed by atoms with Gasteiger partial charge in [0.25, 0.3) is 0 Å². The normalized spacial score (nSPS) is 9.71. The highest BCUT2D eigenvalue weighted by Crippen LogP contribution is 2.26. The fraction of sp³-hybridized carbons (Fsp3) is 0.143. The van der Waals surface area contributed by atoms with Crippen molar-refractivity contribution in [2.75, 3.05) is 7.11 Å². The van der Waals surface area contributed by atoms with Crippen molar-refractivity contribution in [2.45, 2.75) is 6.92 Å². The summed E-state index contributed by atoms with van der Waals surface area (Å²) in [6.45, 7) is 1.84. The van der Waals surface area contributed by atoms with Crippen LogP contribution >= 0.6 is 0 Å². The molecule has 0 aliphatic heterocycles. The summed E-state index contributed by atoms with van der Waals surface area (Å²) in [6.07, 6.45) is 1.72. The molecule has 0 saturated carbocycles. The number of rotatable bonds is 2. The Balaban J connectivity index is 2.53. The molecule has 2 aromatic rings. The van der Waals surface area contributed by atoms with Gasteiger partial charge in [0.15, 0.2) is 0 Å². The van der Waals surface area contributed by atoms with E-state index in [1.165, 1.54) is 0 Å². The van der Waals surface area contributed by atoms with Crippen molar-refractivity contribution in [2.24, 2.45) is 0 Å². The van der Waals surface area contributed by atoms with Crippen LogP contribution in [0, 0.1) is 18.3 Å². The summed E-state index contributed by atoms with van der Waals surface area (Å²) in [6, 6.07) is 11.7. The number of nitrogens with zero attached hydrogens (tertiary/aromatic N) is 2. The van der Waals surface area contributed by atoms with Crippen LogP contribution in [0.1, 0.15) is 11.3 Å². The number of pyridine rings is 1. The summed E-state index contributed by atoms with van der Waals surface area (Å²) in [5.41, 5.74) is 3.27. The Morgan fingerprint density at radius 1 is 1.18 bits per heavy atom. The first kappa shape index (κ1) is 11.2. The molecule has 1 aromatic heterocycles. The number of aromatic nitrogens is 1. The van der Waals surface area contributed by atoms with Crippen molar-refractivity contribution in [1.82, 2.24) is 4.98 Å². The molecular formula is C14H12N2O. The van der Waals surface area contributed by atoms with E-state index in [0.29, 0.717) is 5.56 Å². The Morgan fingerprint density at radius 2 is 1.88 bits per heavy atom. The van der Waals surface area contributed by atoms with Crippen molar-refractivity contribution in [3.63, 3.8) is 0 Å². The maximum Gasteiger partial charge on any atom is 0.118 e. The van der Waals surface area contributed by atoms with Gasteiger partial charge >= 0.3 is 0 Å². The SMILES string of the molecule is COc1ccc(-c2ccnc(C)c2C#N)cc1. The summed E-state index contributed by atoms with van der Waals surface area (Å²) in [5.74, 6) is 0.804. The van der Waals surface area contributed by atoms with Crippen LogP contribution in [0.15, 0.2) is 36.5 Å². The van der Waals surface area contributed by atoms with Gasteiger partial charge in [-0.3, -0.25) is 4.98 Å². The largest absolute Gasteiger partial charge is 0.497 e. The zero-order valence-electron chi connectivity index (χ0n) is 9.77. The van der Waals surface area contributed by atoms with Gasteiger partial charge < -0.3 is 4.74 Å². The van der Waals surface area contributed by atoms with E-state index < -0.39 is 0 Å². The zero-order chi connectivity index (χ0) is 12.3. The first-order valence-corrected chi connectivity index (χ1v) is 5.26.